The lowest BCUT2D eigenvalue weighted by molar-refractivity contribution is -0.124. The number of benzene rings is 1. The van der Waals surface area contributed by atoms with Gasteiger partial charge in [0, 0.05) is 22.1 Å². The lowest BCUT2D eigenvalue weighted by Crippen LogP contribution is -2.30. The minimum atomic E-state index is -0.214. The van der Waals surface area contributed by atoms with E-state index in [0.717, 1.165) is 28.3 Å². The second-order valence-electron chi connectivity index (χ2n) is 6.65. The number of hydrogen-bond acceptors (Lipinski definition) is 5. The van der Waals surface area contributed by atoms with E-state index in [-0.39, 0.29) is 18.4 Å². The van der Waals surface area contributed by atoms with Crippen molar-refractivity contribution in [1.29, 1.82) is 0 Å². The van der Waals surface area contributed by atoms with E-state index in [1.807, 2.05) is 39.8 Å². The van der Waals surface area contributed by atoms with Crippen molar-refractivity contribution in [3.05, 3.63) is 57.9 Å². The molecule has 0 radical (unpaired) electrons. The van der Waals surface area contributed by atoms with Crippen molar-refractivity contribution in [2.24, 2.45) is 5.92 Å². The molecule has 2 aromatic heterocycles. The van der Waals surface area contributed by atoms with Crippen molar-refractivity contribution in [2.45, 2.75) is 40.7 Å². The van der Waals surface area contributed by atoms with Crippen LogP contribution in [0.2, 0.25) is 5.02 Å². The van der Waals surface area contributed by atoms with Gasteiger partial charge >= 0.3 is 0 Å². The molecule has 0 saturated carbocycles. The Morgan fingerprint density at radius 1 is 1.19 bits per heavy atom. The summed E-state index contributed by atoms with van der Waals surface area (Å²) in [6, 6.07) is 7.36. The first-order valence-electron chi connectivity index (χ1n) is 8.77. The summed E-state index contributed by atoms with van der Waals surface area (Å²) in [5.41, 5.74) is 3.47. The molecule has 0 aliphatic rings. The van der Waals surface area contributed by atoms with E-state index in [1.54, 1.807) is 12.1 Å². The first kappa shape index (κ1) is 19.2. The van der Waals surface area contributed by atoms with Gasteiger partial charge in [-0.3, -0.25) is 4.79 Å². The van der Waals surface area contributed by atoms with Crippen LogP contribution < -0.4 is 5.32 Å². The second kappa shape index (κ2) is 7.96. The zero-order valence-corrected chi connectivity index (χ0v) is 16.6. The molecule has 1 atom stereocenters. The minimum absolute atomic E-state index is 0.0705. The number of hydrogen-bond donors (Lipinski definition) is 1. The van der Waals surface area contributed by atoms with Crippen LogP contribution in [0.4, 0.5) is 0 Å². The Kier molecular flexibility index (Phi) is 5.65. The van der Waals surface area contributed by atoms with E-state index < -0.39 is 0 Å². The van der Waals surface area contributed by atoms with Crippen LogP contribution in [-0.2, 0) is 17.8 Å². The smallest absolute Gasteiger partial charge is 0.223 e. The Bertz CT molecular complexity index is 925. The van der Waals surface area contributed by atoms with Gasteiger partial charge in [-0.25, -0.2) is 4.98 Å². The molecule has 0 fully saturated rings. The van der Waals surface area contributed by atoms with Crippen molar-refractivity contribution in [3.8, 4) is 11.3 Å². The average Bonchev–Trinajstić information content (AvgIpc) is 3.17. The summed E-state index contributed by atoms with van der Waals surface area (Å²) in [6.07, 6.45) is 0.577. The van der Waals surface area contributed by atoms with E-state index in [0.29, 0.717) is 23.1 Å². The number of aryl methyl sites for hydroxylation is 3. The van der Waals surface area contributed by atoms with Crippen LogP contribution in [0.1, 0.15) is 35.5 Å². The maximum Gasteiger partial charge on any atom is 0.223 e. The maximum atomic E-state index is 12.4. The number of aromatic nitrogens is 2. The predicted octanol–water partition coefficient (Wildman–Crippen LogP) is 4.40. The Hall–Kier alpha value is -2.60. The highest BCUT2D eigenvalue weighted by atomic mass is 35.5. The molecule has 3 aromatic rings. The molecule has 2 heterocycles. The first-order chi connectivity index (χ1) is 12.8. The topological polar surface area (TPSA) is 81.2 Å². The Morgan fingerprint density at radius 2 is 1.89 bits per heavy atom. The van der Waals surface area contributed by atoms with Crippen LogP contribution in [0.5, 0.6) is 0 Å². The molecule has 3 rings (SSSR count). The Morgan fingerprint density at radius 3 is 2.52 bits per heavy atom. The molecule has 0 aliphatic heterocycles. The SMILES string of the molecule is Cc1nc(CNC(=O)[C@@H](C)Cc2c(C)noc2C)oc1-c1ccc(Cl)cc1. The van der Waals surface area contributed by atoms with Gasteiger partial charge in [0.25, 0.3) is 0 Å². The molecule has 0 aliphatic carbocycles. The predicted molar refractivity (Wildman–Crippen MR) is 102 cm³/mol. The normalized spacial score (nSPS) is 12.2. The number of nitrogens with zero attached hydrogens (tertiary/aromatic N) is 2. The number of amides is 1. The van der Waals surface area contributed by atoms with Crippen LogP contribution in [0.3, 0.4) is 0 Å². The van der Waals surface area contributed by atoms with Crippen molar-refractivity contribution in [3.63, 3.8) is 0 Å². The van der Waals surface area contributed by atoms with Crippen LogP contribution in [-0.4, -0.2) is 16.0 Å². The van der Waals surface area contributed by atoms with Crippen LogP contribution in [0.25, 0.3) is 11.3 Å². The highest BCUT2D eigenvalue weighted by Crippen LogP contribution is 2.26. The average molecular weight is 388 g/mol. The summed E-state index contributed by atoms with van der Waals surface area (Å²) in [4.78, 5) is 16.8. The number of rotatable bonds is 6. The number of carbonyl (C=O) groups excluding carboxylic acids is 1. The molecule has 27 heavy (non-hydrogen) atoms. The van der Waals surface area contributed by atoms with Crippen molar-refractivity contribution < 1.29 is 13.7 Å². The summed E-state index contributed by atoms with van der Waals surface area (Å²) in [5.74, 6) is 1.62. The molecule has 7 heteroatoms. The summed E-state index contributed by atoms with van der Waals surface area (Å²) < 4.78 is 11.0. The highest BCUT2D eigenvalue weighted by Gasteiger charge is 2.19. The molecule has 6 nitrogen and oxygen atoms in total. The molecular formula is C20H22ClN3O3. The van der Waals surface area contributed by atoms with E-state index in [4.69, 9.17) is 20.5 Å². The van der Waals surface area contributed by atoms with Gasteiger partial charge in [0.05, 0.1) is 17.9 Å². The van der Waals surface area contributed by atoms with Crippen molar-refractivity contribution in [1.82, 2.24) is 15.5 Å². The number of nitrogens with one attached hydrogen (secondary N) is 1. The number of carbonyl (C=O) groups is 1. The molecule has 1 amide bonds. The molecule has 142 valence electrons. The molecular weight excluding hydrogens is 366 g/mol. The monoisotopic (exact) mass is 387 g/mol. The third kappa shape index (κ3) is 4.39. The summed E-state index contributed by atoms with van der Waals surface area (Å²) in [7, 11) is 0. The number of oxazole rings is 1. The fraction of sp³-hybridized carbons (Fsp3) is 0.350. The quantitative estimate of drug-likeness (QED) is 0.677. The third-order valence-electron chi connectivity index (χ3n) is 4.50. The molecule has 0 spiro atoms. The third-order valence-corrected chi connectivity index (χ3v) is 4.75. The largest absolute Gasteiger partial charge is 0.438 e. The fourth-order valence-electron chi connectivity index (χ4n) is 2.93. The lowest BCUT2D eigenvalue weighted by Gasteiger charge is -2.10. The van der Waals surface area contributed by atoms with Crippen LogP contribution >= 0.6 is 11.6 Å². The van der Waals surface area contributed by atoms with E-state index in [1.165, 1.54) is 0 Å². The zero-order valence-electron chi connectivity index (χ0n) is 15.8. The molecule has 1 N–H and O–H groups in total. The standard InChI is InChI=1S/C20H22ClN3O3/c1-11(9-17-12(2)24-27-14(17)4)20(25)22-10-18-23-13(3)19(26-18)15-5-7-16(21)8-6-15/h5-8,11H,9-10H2,1-4H3,(H,22,25)/t11-/m0/s1. The van der Waals surface area contributed by atoms with Crippen LogP contribution in [0.15, 0.2) is 33.2 Å². The summed E-state index contributed by atoms with van der Waals surface area (Å²) in [6.45, 7) is 7.72. The van der Waals surface area contributed by atoms with Crippen molar-refractivity contribution in [2.75, 3.05) is 0 Å². The van der Waals surface area contributed by atoms with Gasteiger partial charge < -0.3 is 14.3 Å². The summed E-state index contributed by atoms with van der Waals surface area (Å²) >= 11 is 5.92. The molecule has 0 saturated heterocycles. The Labute approximate surface area is 162 Å². The van der Waals surface area contributed by atoms with Crippen molar-refractivity contribution >= 4 is 17.5 Å². The second-order valence-corrected chi connectivity index (χ2v) is 7.09. The lowest BCUT2D eigenvalue weighted by atomic mass is 9.99. The molecule has 0 bridgehead atoms. The Balaban J connectivity index is 1.62. The highest BCUT2D eigenvalue weighted by molar-refractivity contribution is 6.30. The van der Waals surface area contributed by atoms with Gasteiger partial charge in [-0.05, 0) is 51.5 Å². The van der Waals surface area contributed by atoms with E-state index >= 15 is 0 Å². The molecule has 1 aromatic carbocycles. The van der Waals surface area contributed by atoms with Gasteiger partial charge in [-0.1, -0.05) is 23.7 Å². The maximum absolute atomic E-state index is 12.4. The van der Waals surface area contributed by atoms with Gasteiger partial charge in [0.1, 0.15) is 5.76 Å². The van der Waals surface area contributed by atoms with Crippen LogP contribution in [0, 0.1) is 26.7 Å². The fourth-order valence-corrected chi connectivity index (χ4v) is 3.05. The van der Waals surface area contributed by atoms with Gasteiger partial charge in [-0.2, -0.15) is 0 Å². The van der Waals surface area contributed by atoms with Gasteiger partial charge in [0.15, 0.2) is 5.76 Å². The zero-order chi connectivity index (χ0) is 19.6. The number of halogens is 1. The minimum Gasteiger partial charge on any atom is -0.438 e. The van der Waals surface area contributed by atoms with E-state index in [9.17, 15) is 4.79 Å². The van der Waals surface area contributed by atoms with Gasteiger partial charge in [0.2, 0.25) is 11.8 Å². The van der Waals surface area contributed by atoms with Gasteiger partial charge in [-0.15, -0.1) is 0 Å². The summed E-state index contributed by atoms with van der Waals surface area (Å²) in [5, 5.41) is 7.48. The molecule has 0 unspecified atom stereocenters. The first-order valence-corrected chi connectivity index (χ1v) is 9.14. The van der Waals surface area contributed by atoms with E-state index in [2.05, 4.69) is 15.5 Å².